The Balaban J connectivity index is 0.00000242. The number of nitrogens with two attached hydrogens (primary N) is 1. The molecular formula is C16H25ClN2O3. The van der Waals surface area contributed by atoms with Gasteiger partial charge in [-0.25, -0.2) is 0 Å². The van der Waals surface area contributed by atoms with Crippen molar-refractivity contribution in [2.45, 2.75) is 32.9 Å². The van der Waals surface area contributed by atoms with E-state index in [1.165, 1.54) is 5.56 Å². The summed E-state index contributed by atoms with van der Waals surface area (Å²) < 4.78 is 10.7. The van der Waals surface area contributed by atoms with Crippen LogP contribution in [-0.2, 0) is 17.8 Å². The number of rotatable bonds is 4. The predicted octanol–water partition coefficient (Wildman–Crippen LogP) is 1.99. The van der Waals surface area contributed by atoms with Crippen LogP contribution in [-0.4, -0.2) is 37.6 Å². The summed E-state index contributed by atoms with van der Waals surface area (Å²) in [6.07, 6.45) is 0.812. The zero-order chi connectivity index (χ0) is 15.6. The van der Waals surface area contributed by atoms with Crippen LogP contribution in [0.5, 0.6) is 11.5 Å². The van der Waals surface area contributed by atoms with Gasteiger partial charge in [0.15, 0.2) is 11.5 Å². The molecule has 1 amide bonds. The topological polar surface area (TPSA) is 64.8 Å². The lowest BCUT2D eigenvalue weighted by Gasteiger charge is -2.32. The fraction of sp³-hybridized carbons (Fsp3) is 0.562. The Hall–Kier alpha value is -1.46. The number of hydrogen-bond acceptors (Lipinski definition) is 4. The van der Waals surface area contributed by atoms with Gasteiger partial charge in [-0.15, -0.1) is 12.4 Å². The molecule has 0 spiro atoms. The van der Waals surface area contributed by atoms with E-state index in [4.69, 9.17) is 15.2 Å². The van der Waals surface area contributed by atoms with Crippen LogP contribution in [0.3, 0.4) is 0 Å². The average Bonchev–Trinajstić information content (AvgIpc) is 2.51. The van der Waals surface area contributed by atoms with Crippen molar-refractivity contribution in [3.8, 4) is 11.5 Å². The van der Waals surface area contributed by atoms with Crippen LogP contribution in [0.2, 0.25) is 0 Å². The van der Waals surface area contributed by atoms with Crippen LogP contribution in [0.1, 0.15) is 25.0 Å². The number of ether oxygens (including phenoxy) is 2. The Kier molecular flexibility index (Phi) is 6.50. The third-order valence-corrected chi connectivity index (χ3v) is 4.03. The number of carbonyl (C=O) groups is 1. The molecule has 0 saturated heterocycles. The number of benzene rings is 1. The molecule has 1 heterocycles. The van der Waals surface area contributed by atoms with E-state index in [1.54, 1.807) is 14.2 Å². The molecule has 1 aromatic rings. The minimum Gasteiger partial charge on any atom is -0.493 e. The molecule has 1 atom stereocenters. The summed E-state index contributed by atoms with van der Waals surface area (Å²) in [5, 5.41) is 0. The van der Waals surface area contributed by atoms with E-state index in [0.29, 0.717) is 18.8 Å². The maximum atomic E-state index is 12.4. The van der Waals surface area contributed by atoms with Gasteiger partial charge in [-0.2, -0.15) is 0 Å². The first-order chi connectivity index (χ1) is 9.97. The van der Waals surface area contributed by atoms with Crippen molar-refractivity contribution in [3.05, 3.63) is 23.3 Å². The molecule has 22 heavy (non-hydrogen) atoms. The van der Waals surface area contributed by atoms with Gasteiger partial charge in [0.05, 0.1) is 20.3 Å². The van der Waals surface area contributed by atoms with Crippen molar-refractivity contribution in [3.63, 3.8) is 0 Å². The molecule has 6 heteroatoms. The van der Waals surface area contributed by atoms with Gasteiger partial charge < -0.3 is 20.1 Å². The highest BCUT2D eigenvalue weighted by atomic mass is 35.5. The van der Waals surface area contributed by atoms with Gasteiger partial charge in [0.2, 0.25) is 5.91 Å². The molecule has 1 aromatic carbocycles. The molecule has 2 N–H and O–H groups in total. The third kappa shape index (κ3) is 3.65. The molecule has 0 saturated carbocycles. The minimum atomic E-state index is -0.438. The van der Waals surface area contributed by atoms with Crippen molar-refractivity contribution >= 4 is 18.3 Å². The predicted molar refractivity (Wildman–Crippen MR) is 88.7 cm³/mol. The SMILES string of the molecule is COc1cc2c(cc1OC)CN(C(=O)[C@H](N)C(C)C)CC2.Cl. The summed E-state index contributed by atoms with van der Waals surface area (Å²) in [6.45, 7) is 5.21. The molecule has 0 aromatic heterocycles. The molecule has 0 fully saturated rings. The fourth-order valence-electron chi connectivity index (χ4n) is 2.57. The minimum absolute atomic E-state index is 0. The zero-order valence-corrected chi connectivity index (χ0v) is 14.4. The van der Waals surface area contributed by atoms with Crippen LogP contribution in [0.25, 0.3) is 0 Å². The molecule has 124 valence electrons. The van der Waals surface area contributed by atoms with E-state index in [0.717, 1.165) is 17.7 Å². The summed E-state index contributed by atoms with van der Waals surface area (Å²) in [6, 6.07) is 3.51. The maximum absolute atomic E-state index is 12.4. The molecule has 2 rings (SSSR count). The van der Waals surface area contributed by atoms with Crippen LogP contribution in [0, 0.1) is 5.92 Å². The van der Waals surface area contributed by atoms with E-state index in [1.807, 2.05) is 30.9 Å². The van der Waals surface area contributed by atoms with Crippen molar-refractivity contribution in [1.29, 1.82) is 0 Å². The van der Waals surface area contributed by atoms with Crippen molar-refractivity contribution in [1.82, 2.24) is 4.90 Å². The van der Waals surface area contributed by atoms with Crippen molar-refractivity contribution in [2.24, 2.45) is 11.7 Å². The number of methoxy groups -OCH3 is 2. The van der Waals surface area contributed by atoms with E-state index < -0.39 is 6.04 Å². The smallest absolute Gasteiger partial charge is 0.240 e. The third-order valence-electron chi connectivity index (χ3n) is 4.03. The Morgan fingerprint density at radius 1 is 1.18 bits per heavy atom. The molecule has 0 bridgehead atoms. The number of hydrogen-bond donors (Lipinski definition) is 1. The van der Waals surface area contributed by atoms with Gasteiger partial charge in [0, 0.05) is 13.1 Å². The Morgan fingerprint density at radius 2 is 1.73 bits per heavy atom. The summed E-state index contributed by atoms with van der Waals surface area (Å²) in [7, 11) is 3.25. The van der Waals surface area contributed by atoms with Crippen LogP contribution >= 0.6 is 12.4 Å². The standard InChI is InChI=1S/C16H24N2O3.ClH/c1-10(2)15(17)16(19)18-6-5-11-7-13(20-3)14(21-4)8-12(11)9-18;/h7-8,10,15H,5-6,9,17H2,1-4H3;1H/t15-;/m1./s1. The van der Waals surface area contributed by atoms with E-state index >= 15 is 0 Å². The lowest BCUT2D eigenvalue weighted by Crippen LogP contribution is -2.48. The summed E-state index contributed by atoms with van der Waals surface area (Å²) in [5.41, 5.74) is 8.28. The molecule has 1 aliphatic rings. The summed E-state index contributed by atoms with van der Waals surface area (Å²) in [5.74, 6) is 1.59. The van der Waals surface area contributed by atoms with Gasteiger partial charge in [0.1, 0.15) is 0 Å². The fourth-order valence-corrected chi connectivity index (χ4v) is 2.57. The second-order valence-electron chi connectivity index (χ2n) is 5.76. The van der Waals surface area contributed by atoms with Crippen LogP contribution < -0.4 is 15.2 Å². The number of carbonyl (C=O) groups excluding carboxylic acids is 1. The highest BCUT2D eigenvalue weighted by Crippen LogP contribution is 2.33. The van der Waals surface area contributed by atoms with Crippen molar-refractivity contribution < 1.29 is 14.3 Å². The molecule has 0 unspecified atom stereocenters. The van der Waals surface area contributed by atoms with E-state index in [2.05, 4.69) is 0 Å². The zero-order valence-electron chi connectivity index (χ0n) is 13.6. The quantitative estimate of drug-likeness (QED) is 0.918. The average molecular weight is 329 g/mol. The van der Waals surface area contributed by atoms with Gasteiger partial charge in [-0.3, -0.25) is 4.79 Å². The summed E-state index contributed by atoms with van der Waals surface area (Å²) >= 11 is 0. The number of nitrogens with zero attached hydrogens (tertiary/aromatic N) is 1. The van der Waals surface area contributed by atoms with Crippen molar-refractivity contribution in [2.75, 3.05) is 20.8 Å². The van der Waals surface area contributed by atoms with Gasteiger partial charge in [0.25, 0.3) is 0 Å². The maximum Gasteiger partial charge on any atom is 0.240 e. The first-order valence-corrected chi connectivity index (χ1v) is 7.26. The first kappa shape index (κ1) is 18.6. The van der Waals surface area contributed by atoms with Gasteiger partial charge in [-0.05, 0) is 35.6 Å². The van der Waals surface area contributed by atoms with Crippen LogP contribution in [0.4, 0.5) is 0 Å². The second kappa shape index (κ2) is 7.70. The Morgan fingerprint density at radius 3 is 2.23 bits per heavy atom. The molecule has 0 aliphatic carbocycles. The van der Waals surface area contributed by atoms with E-state index in [-0.39, 0.29) is 24.2 Å². The largest absolute Gasteiger partial charge is 0.493 e. The number of halogens is 1. The summed E-state index contributed by atoms with van der Waals surface area (Å²) in [4.78, 5) is 14.2. The molecule has 0 radical (unpaired) electrons. The Labute approximate surface area is 138 Å². The van der Waals surface area contributed by atoms with Gasteiger partial charge >= 0.3 is 0 Å². The number of amides is 1. The first-order valence-electron chi connectivity index (χ1n) is 7.26. The highest BCUT2D eigenvalue weighted by Gasteiger charge is 2.27. The lowest BCUT2D eigenvalue weighted by atomic mass is 9.97. The number of fused-ring (bicyclic) bond motifs is 1. The molecular weight excluding hydrogens is 304 g/mol. The van der Waals surface area contributed by atoms with Crippen LogP contribution in [0.15, 0.2) is 12.1 Å². The lowest BCUT2D eigenvalue weighted by molar-refractivity contribution is -0.134. The Bertz CT molecular complexity index is 534. The molecule has 1 aliphatic heterocycles. The molecule has 5 nitrogen and oxygen atoms in total. The normalized spacial score (nSPS) is 14.9. The van der Waals surface area contributed by atoms with E-state index in [9.17, 15) is 4.79 Å². The highest BCUT2D eigenvalue weighted by molar-refractivity contribution is 5.85. The van der Waals surface area contributed by atoms with Gasteiger partial charge in [-0.1, -0.05) is 13.8 Å². The monoisotopic (exact) mass is 328 g/mol. The second-order valence-corrected chi connectivity index (χ2v) is 5.76.